The van der Waals surface area contributed by atoms with Gasteiger partial charge in [-0.15, -0.1) is 0 Å². The molecule has 0 saturated heterocycles. The number of amides is 1. The predicted molar refractivity (Wildman–Crippen MR) is 110 cm³/mol. The van der Waals surface area contributed by atoms with Crippen molar-refractivity contribution in [1.29, 1.82) is 0 Å². The van der Waals surface area contributed by atoms with Crippen LogP contribution in [0.2, 0.25) is 0 Å². The highest BCUT2D eigenvalue weighted by molar-refractivity contribution is 6.05. The molecule has 0 aromatic heterocycles. The summed E-state index contributed by atoms with van der Waals surface area (Å²) < 4.78 is 44.3. The average Bonchev–Trinajstić information content (AvgIpc) is 2.73. The van der Waals surface area contributed by atoms with E-state index in [-0.39, 0.29) is 18.3 Å². The van der Waals surface area contributed by atoms with Crippen molar-refractivity contribution in [3.8, 4) is 5.75 Å². The Kier molecular flexibility index (Phi) is 5.77. The summed E-state index contributed by atoms with van der Waals surface area (Å²) in [6.07, 6.45) is -2.42. The van der Waals surface area contributed by atoms with Gasteiger partial charge in [0.1, 0.15) is 12.0 Å². The maximum atomic E-state index is 13.0. The lowest BCUT2D eigenvalue weighted by Gasteiger charge is -2.32. The molecule has 1 amide bonds. The number of anilines is 1. The molecular formula is C23H23F3N2O3. The van der Waals surface area contributed by atoms with Gasteiger partial charge in [0, 0.05) is 36.8 Å². The quantitative estimate of drug-likeness (QED) is 0.714. The molecule has 8 heteroatoms. The first-order chi connectivity index (χ1) is 14.7. The van der Waals surface area contributed by atoms with Gasteiger partial charge >= 0.3 is 6.18 Å². The van der Waals surface area contributed by atoms with Gasteiger partial charge in [-0.1, -0.05) is 18.2 Å². The lowest BCUT2D eigenvalue weighted by molar-refractivity contribution is -0.137. The van der Waals surface area contributed by atoms with Crippen molar-refractivity contribution >= 4 is 17.2 Å². The zero-order chi connectivity index (χ0) is 22.2. The average molecular weight is 432 g/mol. The monoisotopic (exact) mass is 432 g/mol. The molecule has 2 aromatic carbocycles. The molecule has 164 valence electrons. The number of nitrogens with one attached hydrogen (secondary N) is 1. The van der Waals surface area contributed by atoms with Crippen LogP contribution < -0.4 is 10.1 Å². The summed E-state index contributed by atoms with van der Waals surface area (Å²) in [5.74, 6) is -0.227. The van der Waals surface area contributed by atoms with Crippen molar-refractivity contribution in [3.63, 3.8) is 0 Å². The maximum Gasteiger partial charge on any atom is 0.416 e. The number of aliphatic hydroxyl groups excluding tert-OH is 1. The summed E-state index contributed by atoms with van der Waals surface area (Å²) in [7, 11) is 0. The lowest BCUT2D eigenvalue weighted by Crippen LogP contribution is -2.37. The van der Waals surface area contributed by atoms with Crippen molar-refractivity contribution in [3.05, 3.63) is 64.7 Å². The highest BCUT2D eigenvalue weighted by Crippen LogP contribution is 2.38. The number of aliphatic hydroxyl groups is 1. The Labute approximate surface area is 178 Å². The van der Waals surface area contributed by atoms with Crippen LogP contribution >= 0.6 is 0 Å². The van der Waals surface area contributed by atoms with Crippen LogP contribution in [-0.2, 0) is 23.9 Å². The van der Waals surface area contributed by atoms with Crippen molar-refractivity contribution in [2.75, 3.05) is 18.5 Å². The zero-order valence-electron chi connectivity index (χ0n) is 17.0. The minimum atomic E-state index is -4.45. The van der Waals surface area contributed by atoms with Crippen LogP contribution in [0, 0.1) is 0 Å². The largest absolute Gasteiger partial charge is 0.493 e. The van der Waals surface area contributed by atoms with Crippen LogP contribution in [0.1, 0.15) is 35.6 Å². The number of rotatable bonds is 3. The van der Waals surface area contributed by atoms with Gasteiger partial charge in [0.15, 0.2) is 0 Å². The van der Waals surface area contributed by atoms with Crippen molar-refractivity contribution in [2.45, 2.75) is 38.7 Å². The third-order valence-electron chi connectivity index (χ3n) is 5.68. The van der Waals surface area contributed by atoms with Crippen LogP contribution in [-0.4, -0.2) is 35.3 Å². The summed E-state index contributed by atoms with van der Waals surface area (Å²) in [6, 6.07) is 9.02. The van der Waals surface area contributed by atoms with Gasteiger partial charge in [0.05, 0.1) is 12.2 Å². The first-order valence-electron chi connectivity index (χ1n) is 10.1. The Morgan fingerprint density at radius 1 is 1.26 bits per heavy atom. The predicted octanol–water partition coefficient (Wildman–Crippen LogP) is 4.21. The van der Waals surface area contributed by atoms with E-state index >= 15 is 0 Å². The number of alkyl halides is 3. The van der Waals surface area contributed by atoms with E-state index in [0.717, 1.165) is 36.2 Å². The minimum absolute atomic E-state index is 0.129. The Morgan fingerprint density at radius 3 is 2.81 bits per heavy atom. The van der Waals surface area contributed by atoms with Crippen molar-refractivity contribution in [1.82, 2.24) is 4.90 Å². The fourth-order valence-electron chi connectivity index (χ4n) is 4.00. The van der Waals surface area contributed by atoms with E-state index in [1.165, 1.54) is 12.1 Å². The summed E-state index contributed by atoms with van der Waals surface area (Å²) in [5, 5.41) is 12.8. The lowest BCUT2D eigenvalue weighted by atomic mass is 9.96. The molecule has 0 fully saturated rings. The number of nitrogens with zero attached hydrogens (tertiary/aromatic N) is 1. The van der Waals surface area contributed by atoms with Gasteiger partial charge in [-0.05, 0) is 48.2 Å². The number of benzene rings is 2. The van der Waals surface area contributed by atoms with Gasteiger partial charge in [0.25, 0.3) is 0 Å². The van der Waals surface area contributed by atoms with Crippen molar-refractivity contribution in [2.24, 2.45) is 0 Å². The van der Waals surface area contributed by atoms with Crippen LogP contribution in [0.25, 0.3) is 5.57 Å². The van der Waals surface area contributed by atoms with E-state index in [1.54, 1.807) is 6.92 Å². The standard InChI is InChI=1S/C23H23F3N2O3/c1-14(29)28-9-7-15-3-2-4-20(19(15)13-28)27-22(30)11-16-8-10-31-21-12-17(23(24,25)26)5-6-18(16)21/h2-6,11-12,14,29H,7-10,13H2,1H3,(H,27,30)/b16-11+. The van der Waals surface area contributed by atoms with Gasteiger partial charge in [-0.2, -0.15) is 13.2 Å². The summed E-state index contributed by atoms with van der Waals surface area (Å²) >= 11 is 0. The second kappa shape index (κ2) is 8.36. The molecule has 0 spiro atoms. The molecule has 4 rings (SSSR count). The van der Waals surface area contributed by atoms with E-state index in [1.807, 2.05) is 23.1 Å². The van der Waals surface area contributed by atoms with Gasteiger partial charge in [0.2, 0.25) is 5.91 Å². The third-order valence-corrected chi connectivity index (χ3v) is 5.68. The van der Waals surface area contributed by atoms with Crippen LogP contribution in [0.15, 0.2) is 42.5 Å². The maximum absolute atomic E-state index is 13.0. The van der Waals surface area contributed by atoms with E-state index in [2.05, 4.69) is 5.32 Å². The second-order valence-electron chi connectivity index (χ2n) is 7.76. The molecule has 0 aliphatic carbocycles. The summed E-state index contributed by atoms with van der Waals surface area (Å²) in [5.41, 5.74) is 3.09. The minimum Gasteiger partial charge on any atom is -0.493 e. The molecule has 0 saturated carbocycles. The van der Waals surface area contributed by atoms with Crippen LogP contribution in [0.5, 0.6) is 5.75 Å². The molecule has 5 nitrogen and oxygen atoms in total. The number of hydrogen-bond acceptors (Lipinski definition) is 4. The van der Waals surface area contributed by atoms with Crippen LogP contribution in [0.4, 0.5) is 18.9 Å². The molecule has 2 aliphatic heterocycles. The first kappa shape index (κ1) is 21.4. The summed E-state index contributed by atoms with van der Waals surface area (Å²) in [6.45, 7) is 3.18. The molecule has 1 atom stereocenters. The number of ether oxygens (including phenoxy) is 1. The Balaban J connectivity index is 1.57. The SMILES string of the molecule is CC(O)N1CCc2cccc(NC(=O)/C=C3\CCOc4cc(C(F)(F)F)ccc43)c2C1. The second-order valence-corrected chi connectivity index (χ2v) is 7.76. The number of fused-ring (bicyclic) bond motifs is 2. The van der Waals surface area contributed by atoms with E-state index in [0.29, 0.717) is 29.8 Å². The smallest absolute Gasteiger partial charge is 0.416 e. The van der Waals surface area contributed by atoms with E-state index in [4.69, 9.17) is 4.74 Å². The van der Waals surface area contributed by atoms with Crippen LogP contribution in [0.3, 0.4) is 0 Å². The Hall–Kier alpha value is -2.84. The van der Waals surface area contributed by atoms with Gasteiger partial charge in [-0.3, -0.25) is 9.69 Å². The molecule has 2 aromatic rings. The highest BCUT2D eigenvalue weighted by atomic mass is 19.4. The van der Waals surface area contributed by atoms with Gasteiger partial charge < -0.3 is 15.2 Å². The van der Waals surface area contributed by atoms with Crippen molar-refractivity contribution < 1.29 is 27.8 Å². The third kappa shape index (κ3) is 4.60. The van der Waals surface area contributed by atoms with Gasteiger partial charge in [-0.25, -0.2) is 0 Å². The Morgan fingerprint density at radius 2 is 2.06 bits per heavy atom. The number of carbonyl (C=O) groups is 1. The molecule has 1 unspecified atom stereocenters. The molecule has 31 heavy (non-hydrogen) atoms. The molecule has 2 aliphatic rings. The molecule has 0 radical (unpaired) electrons. The molecule has 2 N–H and O–H groups in total. The number of carbonyl (C=O) groups excluding carboxylic acids is 1. The summed E-state index contributed by atoms with van der Waals surface area (Å²) in [4.78, 5) is 14.7. The fraction of sp³-hybridized carbons (Fsp3) is 0.348. The molecular weight excluding hydrogens is 409 g/mol. The fourth-order valence-corrected chi connectivity index (χ4v) is 4.00. The topological polar surface area (TPSA) is 61.8 Å². The zero-order valence-corrected chi connectivity index (χ0v) is 17.0. The van der Waals surface area contributed by atoms with E-state index in [9.17, 15) is 23.1 Å². The van der Waals surface area contributed by atoms with E-state index < -0.39 is 18.0 Å². The number of halogens is 3. The highest BCUT2D eigenvalue weighted by Gasteiger charge is 2.32. The number of hydrogen-bond donors (Lipinski definition) is 2. The molecule has 0 bridgehead atoms. The Bertz CT molecular complexity index is 1030. The normalized spacial score (nSPS) is 18.7. The molecule has 2 heterocycles. The first-order valence-corrected chi connectivity index (χ1v) is 10.1.